The average molecular weight is 369 g/mol. The van der Waals surface area contributed by atoms with Gasteiger partial charge in [-0.15, -0.1) is 5.10 Å². The van der Waals surface area contributed by atoms with Gasteiger partial charge in [0, 0.05) is 31.3 Å². The Bertz CT molecular complexity index is 761. The summed E-state index contributed by atoms with van der Waals surface area (Å²) < 4.78 is 0. The summed E-state index contributed by atoms with van der Waals surface area (Å²) in [4.78, 5) is 14.4. The minimum absolute atomic E-state index is 0.00379. The Kier molecular flexibility index (Phi) is 5.91. The number of hydrogen-bond donors (Lipinski definition) is 3. The molecule has 0 saturated carbocycles. The lowest BCUT2D eigenvalue weighted by molar-refractivity contribution is 0.211. The zero-order valence-corrected chi connectivity index (χ0v) is 16.0. The first-order valence-electron chi connectivity index (χ1n) is 9.30. The highest BCUT2D eigenvalue weighted by Crippen LogP contribution is 2.22. The molecule has 0 radical (unpaired) electrons. The van der Waals surface area contributed by atoms with Crippen molar-refractivity contribution in [3.8, 4) is 0 Å². The van der Waals surface area contributed by atoms with E-state index in [1.807, 2.05) is 48.2 Å². The van der Waals surface area contributed by atoms with Crippen LogP contribution in [-0.4, -0.2) is 47.1 Å². The number of aryl methyl sites for hydroxylation is 1. The first-order valence-corrected chi connectivity index (χ1v) is 9.30. The van der Waals surface area contributed by atoms with Crippen LogP contribution in [0.5, 0.6) is 0 Å². The monoisotopic (exact) mass is 369 g/mol. The van der Waals surface area contributed by atoms with E-state index in [4.69, 9.17) is 0 Å². The molecular formula is C20H27N5O2. The van der Waals surface area contributed by atoms with Gasteiger partial charge in [-0.1, -0.05) is 26.0 Å². The van der Waals surface area contributed by atoms with Gasteiger partial charge in [0.1, 0.15) is 0 Å². The Morgan fingerprint density at radius 2 is 1.93 bits per heavy atom. The van der Waals surface area contributed by atoms with Crippen LogP contribution >= 0.6 is 0 Å². The molecule has 0 aliphatic carbocycles. The number of hydrogen-bond acceptors (Lipinski definition) is 5. The smallest absolute Gasteiger partial charge is 0.319 e. The van der Waals surface area contributed by atoms with Gasteiger partial charge in [0.2, 0.25) is 0 Å². The molecule has 2 amide bonds. The van der Waals surface area contributed by atoms with E-state index in [9.17, 15) is 9.90 Å². The van der Waals surface area contributed by atoms with Crippen LogP contribution < -0.4 is 15.5 Å². The average Bonchev–Trinajstić information content (AvgIpc) is 3.05. The second-order valence-corrected chi connectivity index (χ2v) is 7.36. The molecule has 0 unspecified atom stereocenters. The summed E-state index contributed by atoms with van der Waals surface area (Å²) in [6.07, 6.45) is 0. The number of benzene rings is 1. The van der Waals surface area contributed by atoms with Crippen LogP contribution in [0.25, 0.3) is 0 Å². The molecule has 7 heteroatoms. The first-order chi connectivity index (χ1) is 13.0. The van der Waals surface area contributed by atoms with E-state index in [1.54, 1.807) is 0 Å². The molecule has 1 aromatic carbocycles. The van der Waals surface area contributed by atoms with Crippen LogP contribution in [0.2, 0.25) is 0 Å². The maximum atomic E-state index is 12.4. The molecule has 0 spiro atoms. The maximum Gasteiger partial charge on any atom is 0.319 e. The number of anilines is 2. The minimum Gasteiger partial charge on any atom is -0.396 e. The minimum atomic E-state index is -0.271. The number of nitrogens with one attached hydrogen (secondary N) is 2. The summed E-state index contributed by atoms with van der Waals surface area (Å²) in [5.74, 6) is 1.16. The number of rotatable bonds is 5. The number of carbonyl (C=O) groups excluding carboxylic acids is 1. The van der Waals surface area contributed by atoms with Crippen LogP contribution in [0.1, 0.15) is 31.0 Å². The molecule has 2 heterocycles. The molecule has 1 aliphatic rings. The Hall–Kier alpha value is -2.67. The second-order valence-electron chi connectivity index (χ2n) is 7.36. The van der Waals surface area contributed by atoms with Crippen LogP contribution in [0.15, 0.2) is 36.4 Å². The van der Waals surface area contributed by atoms with Crippen molar-refractivity contribution in [3.63, 3.8) is 0 Å². The fourth-order valence-electron chi connectivity index (χ4n) is 3.25. The van der Waals surface area contributed by atoms with Gasteiger partial charge < -0.3 is 20.6 Å². The third kappa shape index (κ3) is 4.74. The second kappa shape index (κ2) is 8.35. The summed E-state index contributed by atoms with van der Waals surface area (Å²) in [5, 5.41) is 23.8. The standard InChI is InChI=1S/C20H27N5O2/c1-13(2)15-5-7-17(8-6-15)21-20(27)22-18-11-25(10-16(18)12-26)19-9-4-14(3)23-24-19/h4-9,13,16,18,26H,10-12H2,1-3H3,(H2,21,22,27)/t16-,18-/m1/s1. The van der Waals surface area contributed by atoms with E-state index >= 15 is 0 Å². The number of amides is 2. The number of urea groups is 1. The molecule has 2 atom stereocenters. The third-order valence-electron chi connectivity index (χ3n) is 4.94. The summed E-state index contributed by atoms with van der Waals surface area (Å²) in [6, 6.07) is 11.2. The molecule has 0 bridgehead atoms. The predicted octanol–water partition coefficient (Wildman–Crippen LogP) is 2.53. The van der Waals surface area contributed by atoms with Gasteiger partial charge in [0.05, 0.1) is 11.7 Å². The normalized spacial score (nSPS) is 19.4. The van der Waals surface area contributed by atoms with Gasteiger partial charge in [-0.3, -0.25) is 0 Å². The highest BCUT2D eigenvalue weighted by Gasteiger charge is 2.34. The Morgan fingerprint density at radius 3 is 2.52 bits per heavy atom. The van der Waals surface area contributed by atoms with Crippen molar-refractivity contribution in [2.75, 3.05) is 29.9 Å². The van der Waals surface area contributed by atoms with Crippen molar-refractivity contribution in [2.24, 2.45) is 5.92 Å². The number of aliphatic hydroxyl groups excluding tert-OH is 1. The van der Waals surface area contributed by atoms with E-state index in [1.165, 1.54) is 5.56 Å². The molecule has 144 valence electrons. The van der Waals surface area contributed by atoms with Crippen molar-refractivity contribution in [1.82, 2.24) is 15.5 Å². The SMILES string of the molecule is Cc1ccc(N2C[C@H](CO)[C@H](NC(=O)Nc3ccc(C(C)C)cc3)C2)nn1. The highest BCUT2D eigenvalue weighted by atomic mass is 16.3. The van der Waals surface area contributed by atoms with Crippen molar-refractivity contribution >= 4 is 17.5 Å². The van der Waals surface area contributed by atoms with Gasteiger partial charge >= 0.3 is 6.03 Å². The van der Waals surface area contributed by atoms with Gasteiger partial charge in [-0.25, -0.2) is 4.79 Å². The van der Waals surface area contributed by atoms with Crippen molar-refractivity contribution in [2.45, 2.75) is 32.7 Å². The molecule has 3 N–H and O–H groups in total. The zero-order valence-electron chi connectivity index (χ0n) is 16.0. The van der Waals surface area contributed by atoms with Crippen molar-refractivity contribution in [3.05, 3.63) is 47.7 Å². The quantitative estimate of drug-likeness (QED) is 0.753. The molecular weight excluding hydrogens is 342 g/mol. The topological polar surface area (TPSA) is 90.4 Å². The van der Waals surface area contributed by atoms with Crippen molar-refractivity contribution < 1.29 is 9.90 Å². The molecule has 1 aromatic heterocycles. The lowest BCUT2D eigenvalue weighted by Gasteiger charge is -2.18. The number of carbonyl (C=O) groups is 1. The fourth-order valence-corrected chi connectivity index (χ4v) is 3.25. The van der Waals surface area contributed by atoms with Gasteiger partial charge in [0.15, 0.2) is 5.82 Å². The lowest BCUT2D eigenvalue weighted by Crippen LogP contribution is -2.43. The highest BCUT2D eigenvalue weighted by molar-refractivity contribution is 5.89. The summed E-state index contributed by atoms with van der Waals surface area (Å²) >= 11 is 0. The van der Waals surface area contributed by atoms with Crippen molar-refractivity contribution in [1.29, 1.82) is 0 Å². The molecule has 7 nitrogen and oxygen atoms in total. The van der Waals surface area contributed by atoms with Crippen LogP contribution in [-0.2, 0) is 0 Å². The Balaban J connectivity index is 1.59. The van der Waals surface area contributed by atoms with Crippen LogP contribution in [0, 0.1) is 12.8 Å². The van der Waals surface area contributed by atoms with E-state index in [2.05, 4.69) is 34.7 Å². The Labute approximate surface area is 159 Å². The van der Waals surface area contributed by atoms with Gasteiger partial charge in [-0.05, 0) is 42.7 Å². The largest absolute Gasteiger partial charge is 0.396 e. The van der Waals surface area contributed by atoms with Crippen LogP contribution in [0.3, 0.4) is 0 Å². The summed E-state index contributed by atoms with van der Waals surface area (Å²) in [6.45, 7) is 7.37. The molecule has 1 aliphatic heterocycles. The molecule has 1 saturated heterocycles. The van der Waals surface area contributed by atoms with E-state index in [0.29, 0.717) is 19.0 Å². The van der Waals surface area contributed by atoms with Gasteiger partial charge in [0.25, 0.3) is 0 Å². The molecule has 2 aromatic rings. The maximum absolute atomic E-state index is 12.4. The number of aromatic nitrogens is 2. The first kappa shape index (κ1) is 19.1. The van der Waals surface area contributed by atoms with Gasteiger partial charge in [-0.2, -0.15) is 5.10 Å². The summed E-state index contributed by atoms with van der Waals surface area (Å²) in [5.41, 5.74) is 2.83. The fraction of sp³-hybridized carbons (Fsp3) is 0.450. The van der Waals surface area contributed by atoms with E-state index in [0.717, 1.165) is 17.2 Å². The molecule has 27 heavy (non-hydrogen) atoms. The number of aliphatic hydroxyl groups is 1. The predicted molar refractivity (Wildman–Crippen MR) is 106 cm³/mol. The summed E-state index contributed by atoms with van der Waals surface area (Å²) in [7, 11) is 0. The Morgan fingerprint density at radius 1 is 1.19 bits per heavy atom. The van der Waals surface area contributed by atoms with Crippen LogP contribution in [0.4, 0.5) is 16.3 Å². The van der Waals surface area contributed by atoms with E-state index < -0.39 is 0 Å². The van der Waals surface area contributed by atoms with E-state index in [-0.39, 0.29) is 24.6 Å². The molecule has 3 rings (SSSR count). The zero-order chi connectivity index (χ0) is 19.4. The third-order valence-corrected chi connectivity index (χ3v) is 4.94. The molecule has 1 fully saturated rings. The number of nitrogens with zero attached hydrogens (tertiary/aromatic N) is 3. The lowest BCUT2D eigenvalue weighted by atomic mass is 10.0.